The van der Waals surface area contributed by atoms with Crippen molar-refractivity contribution in [1.82, 2.24) is 20.4 Å². The highest BCUT2D eigenvalue weighted by atomic mass is 35.5. The Morgan fingerprint density at radius 3 is 2.53 bits per heavy atom. The van der Waals surface area contributed by atoms with Crippen molar-refractivity contribution >= 4 is 29.6 Å². The predicted molar refractivity (Wildman–Crippen MR) is 170 cm³/mol. The number of ether oxygens (including phenoxy) is 2. The number of carbonyl (C=O) groups is 3. The molecule has 1 aromatic rings. The summed E-state index contributed by atoms with van der Waals surface area (Å²) in [5.74, 6) is 0.610. The summed E-state index contributed by atoms with van der Waals surface area (Å²) < 4.78 is 12.0. The van der Waals surface area contributed by atoms with E-state index < -0.39 is 5.60 Å². The number of likely N-dealkylation sites (tertiary alicyclic amines) is 1. The van der Waals surface area contributed by atoms with Crippen LogP contribution in [0.5, 0.6) is 0 Å². The SMILES string of the molecule is CNC(=O)CCCO[C@@H](c1cccc(Cl)c1)[C@@H]1CCCN(C(=O)N[C@@H](CC2CCCCC2)CN(C)C(=O)OC(C)(C)C)C1. The average Bonchev–Trinajstić information content (AvgIpc) is 2.96. The van der Waals surface area contributed by atoms with Crippen molar-refractivity contribution in [3.8, 4) is 0 Å². The van der Waals surface area contributed by atoms with Crippen LogP contribution in [0, 0.1) is 11.8 Å². The number of nitrogens with one attached hydrogen (secondary N) is 2. The van der Waals surface area contributed by atoms with Gasteiger partial charge in [0.2, 0.25) is 5.91 Å². The van der Waals surface area contributed by atoms with Crippen molar-refractivity contribution in [1.29, 1.82) is 0 Å². The lowest BCUT2D eigenvalue weighted by Crippen LogP contribution is -2.53. The fourth-order valence-electron chi connectivity index (χ4n) is 6.21. The molecule has 1 aromatic carbocycles. The van der Waals surface area contributed by atoms with E-state index in [-0.39, 0.29) is 36.1 Å². The van der Waals surface area contributed by atoms with Crippen LogP contribution in [0.4, 0.5) is 9.59 Å². The zero-order chi connectivity index (χ0) is 31.4. The van der Waals surface area contributed by atoms with Crippen molar-refractivity contribution in [2.75, 3.05) is 40.3 Å². The van der Waals surface area contributed by atoms with Gasteiger partial charge in [0.1, 0.15) is 5.60 Å². The third-order valence-electron chi connectivity index (χ3n) is 8.34. The molecule has 2 N–H and O–H groups in total. The van der Waals surface area contributed by atoms with Crippen LogP contribution in [0.2, 0.25) is 5.02 Å². The second-order valence-electron chi connectivity index (χ2n) is 13.2. The van der Waals surface area contributed by atoms with Gasteiger partial charge in [-0.2, -0.15) is 0 Å². The number of piperidine rings is 1. The minimum absolute atomic E-state index is 0.0106. The molecule has 2 aliphatic rings. The third-order valence-corrected chi connectivity index (χ3v) is 8.58. The highest BCUT2D eigenvalue weighted by molar-refractivity contribution is 6.30. The van der Waals surface area contributed by atoms with Crippen molar-refractivity contribution in [2.24, 2.45) is 11.8 Å². The number of urea groups is 1. The molecular formula is C33H53ClN4O5. The highest BCUT2D eigenvalue weighted by Crippen LogP contribution is 2.34. The van der Waals surface area contributed by atoms with Gasteiger partial charge in [-0.1, -0.05) is 55.8 Å². The maximum absolute atomic E-state index is 13.7. The molecule has 3 atom stereocenters. The predicted octanol–water partition coefficient (Wildman–Crippen LogP) is 6.55. The summed E-state index contributed by atoms with van der Waals surface area (Å²) in [6.45, 7) is 7.62. The molecule has 3 rings (SSSR count). The molecule has 1 aliphatic heterocycles. The first-order valence-electron chi connectivity index (χ1n) is 16.0. The van der Waals surface area contributed by atoms with Gasteiger partial charge in [0.05, 0.1) is 6.10 Å². The van der Waals surface area contributed by atoms with E-state index in [0.717, 1.165) is 37.7 Å². The monoisotopic (exact) mass is 620 g/mol. The molecule has 1 saturated carbocycles. The van der Waals surface area contributed by atoms with Gasteiger partial charge < -0.3 is 29.9 Å². The Labute approximate surface area is 263 Å². The van der Waals surface area contributed by atoms with Gasteiger partial charge in [0.15, 0.2) is 0 Å². The Kier molecular flexibility index (Phi) is 13.9. The number of benzene rings is 1. The Hall–Kier alpha value is -2.52. The Bertz CT molecular complexity index is 1040. The van der Waals surface area contributed by atoms with Gasteiger partial charge >= 0.3 is 12.1 Å². The quantitative estimate of drug-likeness (QED) is 0.258. The minimum atomic E-state index is -0.583. The van der Waals surface area contributed by atoms with Gasteiger partial charge in [-0.3, -0.25) is 4.79 Å². The summed E-state index contributed by atoms with van der Waals surface area (Å²) in [5, 5.41) is 6.58. The molecule has 242 valence electrons. The lowest BCUT2D eigenvalue weighted by atomic mass is 9.84. The third kappa shape index (κ3) is 12.2. The Balaban J connectivity index is 1.68. The number of hydrogen-bond donors (Lipinski definition) is 2. The molecule has 2 fully saturated rings. The largest absolute Gasteiger partial charge is 0.444 e. The van der Waals surface area contributed by atoms with Crippen molar-refractivity contribution in [3.05, 3.63) is 34.9 Å². The standard InChI is InChI=1S/C33H53ClN4O5/c1-33(2,3)43-32(41)37(5)23-28(20-24-12-7-6-8-13-24)36-31(40)38-18-10-15-26(22-38)30(25-14-9-16-27(34)21-25)42-19-11-17-29(39)35-4/h9,14,16,21,24,26,28,30H,6-8,10-13,15,17-20,22-23H2,1-5H3,(H,35,39)(H,36,40)/t26-,28+,30+/m1/s1. The lowest BCUT2D eigenvalue weighted by molar-refractivity contribution is -0.121. The van der Waals surface area contributed by atoms with Crippen LogP contribution >= 0.6 is 11.6 Å². The average molecular weight is 621 g/mol. The van der Waals surface area contributed by atoms with Crippen LogP contribution in [0.1, 0.15) is 96.6 Å². The van der Waals surface area contributed by atoms with Crippen LogP contribution in [0.25, 0.3) is 0 Å². The van der Waals surface area contributed by atoms with Crippen LogP contribution in [-0.2, 0) is 14.3 Å². The summed E-state index contributed by atoms with van der Waals surface area (Å²) in [4.78, 5) is 41.7. The molecule has 0 unspecified atom stereocenters. The van der Waals surface area contributed by atoms with Crippen LogP contribution < -0.4 is 10.6 Å². The van der Waals surface area contributed by atoms with E-state index in [9.17, 15) is 14.4 Å². The molecule has 1 heterocycles. The maximum Gasteiger partial charge on any atom is 0.410 e. The van der Waals surface area contributed by atoms with E-state index in [1.807, 2.05) is 49.9 Å². The molecule has 1 saturated heterocycles. The fraction of sp³-hybridized carbons (Fsp3) is 0.727. The van der Waals surface area contributed by atoms with Crippen LogP contribution in [0.3, 0.4) is 0 Å². The van der Waals surface area contributed by atoms with E-state index in [2.05, 4.69) is 10.6 Å². The molecule has 4 amide bonds. The second-order valence-corrected chi connectivity index (χ2v) is 13.7. The summed E-state index contributed by atoms with van der Waals surface area (Å²) in [5.41, 5.74) is 0.397. The molecule has 10 heteroatoms. The van der Waals surface area contributed by atoms with Crippen molar-refractivity contribution < 1.29 is 23.9 Å². The number of amides is 4. The van der Waals surface area contributed by atoms with Gasteiger partial charge in [-0.05, 0) is 70.1 Å². The molecule has 43 heavy (non-hydrogen) atoms. The van der Waals surface area contributed by atoms with Gasteiger partial charge in [-0.15, -0.1) is 0 Å². The van der Waals surface area contributed by atoms with Crippen molar-refractivity contribution in [3.63, 3.8) is 0 Å². The topological polar surface area (TPSA) is 100 Å². The summed E-state index contributed by atoms with van der Waals surface area (Å²) in [6, 6.07) is 7.43. The van der Waals surface area contributed by atoms with E-state index >= 15 is 0 Å². The molecule has 0 bridgehead atoms. The van der Waals surface area contributed by atoms with E-state index in [1.54, 1.807) is 19.0 Å². The molecule has 0 spiro atoms. The Morgan fingerprint density at radius 2 is 1.86 bits per heavy atom. The van der Waals surface area contributed by atoms with Crippen molar-refractivity contribution in [2.45, 2.75) is 103 Å². The first-order chi connectivity index (χ1) is 20.4. The molecule has 9 nitrogen and oxygen atoms in total. The van der Waals surface area contributed by atoms with Crippen LogP contribution in [0.15, 0.2) is 24.3 Å². The minimum Gasteiger partial charge on any atom is -0.444 e. The van der Waals surface area contributed by atoms with E-state index in [0.29, 0.717) is 50.0 Å². The number of halogens is 1. The number of nitrogens with zero attached hydrogens (tertiary/aromatic N) is 2. The number of hydrogen-bond acceptors (Lipinski definition) is 5. The maximum atomic E-state index is 13.7. The molecule has 1 aliphatic carbocycles. The number of carbonyl (C=O) groups excluding carboxylic acids is 3. The van der Waals surface area contributed by atoms with E-state index in [4.69, 9.17) is 21.1 Å². The second kappa shape index (κ2) is 17.1. The first kappa shape index (κ1) is 35.0. The lowest BCUT2D eigenvalue weighted by Gasteiger charge is -2.38. The molecular weight excluding hydrogens is 568 g/mol. The summed E-state index contributed by atoms with van der Waals surface area (Å²) >= 11 is 6.35. The van der Waals surface area contributed by atoms with E-state index in [1.165, 1.54) is 19.3 Å². The highest BCUT2D eigenvalue weighted by Gasteiger charge is 2.33. The molecule has 0 aromatic heterocycles. The first-order valence-corrected chi connectivity index (χ1v) is 16.4. The summed E-state index contributed by atoms with van der Waals surface area (Å²) in [7, 11) is 3.37. The van der Waals surface area contributed by atoms with Gasteiger partial charge in [-0.25, -0.2) is 9.59 Å². The number of rotatable bonds is 12. The zero-order valence-electron chi connectivity index (χ0n) is 26.8. The Morgan fingerprint density at radius 1 is 1.12 bits per heavy atom. The summed E-state index contributed by atoms with van der Waals surface area (Å²) in [6.07, 6.45) is 9.04. The normalized spacial score (nSPS) is 19.3. The number of likely N-dealkylation sites (N-methyl/N-ethyl adjacent to an activating group) is 1. The van der Waals surface area contributed by atoms with Crippen LogP contribution in [-0.4, -0.2) is 79.8 Å². The smallest absolute Gasteiger partial charge is 0.410 e. The van der Waals surface area contributed by atoms with Gasteiger partial charge in [0, 0.05) is 63.7 Å². The zero-order valence-corrected chi connectivity index (χ0v) is 27.6. The fourth-order valence-corrected chi connectivity index (χ4v) is 6.41. The van der Waals surface area contributed by atoms with Gasteiger partial charge in [0.25, 0.3) is 0 Å². The molecule has 0 radical (unpaired) electrons.